The molecule has 0 fully saturated rings. The molecular formula is C66H105O11P. The lowest BCUT2D eigenvalue weighted by Gasteiger charge is -2.21. The summed E-state index contributed by atoms with van der Waals surface area (Å²) in [6, 6.07) is 0. The van der Waals surface area contributed by atoms with E-state index in [1.807, 2.05) is 24.3 Å². The van der Waals surface area contributed by atoms with Crippen LogP contribution in [0.1, 0.15) is 213 Å². The molecule has 2 N–H and O–H groups in total. The van der Waals surface area contributed by atoms with Crippen LogP contribution < -0.4 is 0 Å². The van der Waals surface area contributed by atoms with Crippen molar-refractivity contribution in [3.63, 3.8) is 0 Å². The normalized spacial score (nSPS) is 14.4. The topological polar surface area (TPSA) is 155 Å². The SMILES string of the molecule is CC/C=C\C/C=C\C/C=C\C/C=C\C/C=C\C/C=C\CCC(=O)OC(COC(=O)CCCCCCC/C=C\CCCCCCCC)COP(=O)(O)OCC(CO)OC(=O)CCC/C=C\C/C=C\C/C=C\C/C=C\C/C=C\CC. The van der Waals surface area contributed by atoms with Crippen molar-refractivity contribution in [3.8, 4) is 0 Å². The monoisotopic (exact) mass is 1100 g/mol. The maximum Gasteiger partial charge on any atom is 0.472 e. The molecule has 0 aromatic heterocycles. The van der Waals surface area contributed by atoms with Crippen molar-refractivity contribution in [1.82, 2.24) is 0 Å². The number of aliphatic hydroxyl groups excluding tert-OH is 1. The van der Waals surface area contributed by atoms with Crippen LogP contribution in [0.25, 0.3) is 0 Å². The zero-order chi connectivity index (χ0) is 56.9. The first-order valence-electron chi connectivity index (χ1n) is 29.7. The number of carbonyl (C=O) groups is 3. The molecule has 3 atom stereocenters. The van der Waals surface area contributed by atoms with Gasteiger partial charge in [-0.2, -0.15) is 0 Å². The summed E-state index contributed by atoms with van der Waals surface area (Å²) in [4.78, 5) is 48.6. The van der Waals surface area contributed by atoms with Gasteiger partial charge < -0.3 is 24.2 Å². The van der Waals surface area contributed by atoms with Gasteiger partial charge in [-0.1, -0.05) is 218 Å². The van der Waals surface area contributed by atoms with Gasteiger partial charge in [-0.3, -0.25) is 23.4 Å². The molecule has 3 unspecified atom stereocenters. The summed E-state index contributed by atoms with van der Waals surface area (Å²) in [6.45, 7) is 4.24. The fraction of sp³-hybridized carbons (Fsp3) is 0.591. The number of hydrogen-bond acceptors (Lipinski definition) is 10. The summed E-state index contributed by atoms with van der Waals surface area (Å²) in [5.74, 6) is -1.66. The first kappa shape index (κ1) is 73.4. The molecule has 0 radical (unpaired) electrons. The lowest BCUT2D eigenvalue weighted by atomic mass is 10.1. The minimum atomic E-state index is -4.80. The number of ether oxygens (including phenoxy) is 3. The number of carbonyl (C=O) groups excluding carboxylic acids is 3. The van der Waals surface area contributed by atoms with Crippen LogP contribution >= 0.6 is 7.82 Å². The average molecular weight is 1110 g/mol. The Morgan fingerprint density at radius 3 is 1.15 bits per heavy atom. The standard InChI is InChI=1S/C66H105O11P/c1-4-7-10-13-16-19-22-25-28-30-31-33-36-39-42-45-48-51-54-57-66(70)77-63(59-73-64(68)55-52-49-46-43-40-37-34-27-24-21-18-15-12-9-6-3)61-75-78(71,72)74-60-62(58-67)76-65(69)56-53-50-47-44-41-38-35-32-29-26-23-20-17-14-11-8-5-2/h7-8,10-11,16-17,19-20,25-29,31,33-35,38-39,42,44,47-48,51,62-63,67H,4-6,9,12-15,18,21-24,30,32,36-37,40-41,43,45-46,49-50,52-61H2,1-3H3,(H,71,72)/b10-7-,11-8-,19-16-,20-17-,28-25-,29-26-,33-31-,34-27-,38-35-,42-39-,47-44-,51-48-. The highest BCUT2D eigenvalue weighted by Crippen LogP contribution is 2.43. The van der Waals surface area contributed by atoms with Crippen molar-refractivity contribution in [2.75, 3.05) is 26.4 Å². The summed E-state index contributed by atoms with van der Waals surface area (Å²) in [5.41, 5.74) is 0. The van der Waals surface area contributed by atoms with Gasteiger partial charge in [-0.25, -0.2) is 4.57 Å². The molecule has 0 bridgehead atoms. The van der Waals surface area contributed by atoms with Crippen LogP contribution in [0.15, 0.2) is 146 Å². The molecule has 0 saturated carbocycles. The van der Waals surface area contributed by atoms with Crippen LogP contribution in [-0.2, 0) is 42.2 Å². The number of esters is 3. The van der Waals surface area contributed by atoms with E-state index < -0.39 is 57.8 Å². The van der Waals surface area contributed by atoms with Crippen molar-refractivity contribution < 1.29 is 52.2 Å². The molecule has 78 heavy (non-hydrogen) atoms. The van der Waals surface area contributed by atoms with E-state index in [-0.39, 0.29) is 25.9 Å². The number of phosphoric acid groups is 1. The first-order valence-corrected chi connectivity index (χ1v) is 31.2. The highest BCUT2D eigenvalue weighted by molar-refractivity contribution is 7.47. The molecule has 0 aromatic carbocycles. The Morgan fingerprint density at radius 1 is 0.372 bits per heavy atom. The minimum Gasteiger partial charge on any atom is -0.462 e. The Morgan fingerprint density at radius 2 is 0.705 bits per heavy atom. The van der Waals surface area contributed by atoms with E-state index in [0.29, 0.717) is 32.1 Å². The van der Waals surface area contributed by atoms with Crippen LogP contribution in [-0.4, -0.2) is 66.5 Å². The van der Waals surface area contributed by atoms with E-state index >= 15 is 0 Å². The Balaban J connectivity index is 4.92. The minimum absolute atomic E-state index is 0.0285. The van der Waals surface area contributed by atoms with Crippen molar-refractivity contribution in [2.24, 2.45) is 0 Å². The second-order valence-electron chi connectivity index (χ2n) is 19.0. The molecule has 0 spiro atoms. The number of unbranched alkanes of at least 4 members (excludes halogenated alkanes) is 12. The fourth-order valence-corrected chi connectivity index (χ4v) is 8.08. The number of hydrogen-bond donors (Lipinski definition) is 2. The number of allylic oxidation sites excluding steroid dienone is 24. The van der Waals surface area contributed by atoms with Crippen molar-refractivity contribution in [3.05, 3.63) is 146 Å². The van der Waals surface area contributed by atoms with Gasteiger partial charge in [0.05, 0.1) is 19.8 Å². The van der Waals surface area contributed by atoms with Gasteiger partial charge in [0.15, 0.2) is 6.10 Å². The van der Waals surface area contributed by atoms with Crippen molar-refractivity contribution in [2.45, 2.75) is 226 Å². The highest BCUT2D eigenvalue weighted by Gasteiger charge is 2.28. The van der Waals surface area contributed by atoms with Crippen LogP contribution in [0, 0.1) is 0 Å². The van der Waals surface area contributed by atoms with E-state index in [0.717, 1.165) is 103 Å². The Bertz CT molecular complexity index is 1860. The van der Waals surface area contributed by atoms with Crippen LogP contribution in [0.4, 0.5) is 0 Å². The predicted octanol–water partition coefficient (Wildman–Crippen LogP) is 17.9. The van der Waals surface area contributed by atoms with E-state index in [4.69, 9.17) is 23.3 Å². The van der Waals surface area contributed by atoms with Crippen LogP contribution in [0.3, 0.4) is 0 Å². The molecule has 0 aliphatic rings. The Labute approximate surface area is 473 Å². The van der Waals surface area contributed by atoms with Gasteiger partial charge in [0, 0.05) is 19.3 Å². The van der Waals surface area contributed by atoms with E-state index in [1.54, 1.807) is 0 Å². The van der Waals surface area contributed by atoms with Crippen LogP contribution in [0.5, 0.6) is 0 Å². The van der Waals surface area contributed by atoms with Gasteiger partial charge in [0.1, 0.15) is 12.7 Å². The highest BCUT2D eigenvalue weighted by atomic mass is 31.2. The van der Waals surface area contributed by atoms with Crippen molar-refractivity contribution in [1.29, 1.82) is 0 Å². The van der Waals surface area contributed by atoms with Gasteiger partial charge in [-0.15, -0.1) is 0 Å². The third-order valence-electron chi connectivity index (χ3n) is 11.7. The van der Waals surface area contributed by atoms with Gasteiger partial charge >= 0.3 is 25.7 Å². The molecule has 11 nitrogen and oxygen atoms in total. The van der Waals surface area contributed by atoms with Gasteiger partial charge in [0.2, 0.25) is 0 Å². The summed E-state index contributed by atoms with van der Waals surface area (Å²) in [7, 11) is -4.80. The van der Waals surface area contributed by atoms with Crippen molar-refractivity contribution >= 4 is 25.7 Å². The molecule has 0 rings (SSSR count). The van der Waals surface area contributed by atoms with E-state index in [9.17, 15) is 28.9 Å². The molecule has 0 aliphatic carbocycles. The molecule has 0 aromatic rings. The van der Waals surface area contributed by atoms with Gasteiger partial charge in [-0.05, 0) is 122 Å². The molecule has 12 heteroatoms. The average Bonchev–Trinajstić information content (AvgIpc) is 3.43. The third-order valence-corrected chi connectivity index (χ3v) is 12.7. The Kier molecular flexibility index (Phi) is 55.0. The lowest BCUT2D eigenvalue weighted by molar-refractivity contribution is -0.161. The molecule has 0 aliphatic heterocycles. The second-order valence-corrected chi connectivity index (χ2v) is 20.5. The molecule has 0 amide bonds. The molecule has 0 saturated heterocycles. The number of phosphoric ester groups is 1. The maximum atomic E-state index is 12.9. The second kappa shape index (κ2) is 58.5. The number of aliphatic hydroxyl groups is 1. The summed E-state index contributed by atoms with van der Waals surface area (Å²) < 4.78 is 39.4. The largest absolute Gasteiger partial charge is 0.472 e. The zero-order valence-corrected chi connectivity index (χ0v) is 49.5. The predicted molar refractivity (Wildman–Crippen MR) is 325 cm³/mol. The Hall–Kier alpha value is -4.64. The quantitative estimate of drug-likeness (QED) is 0.0197. The molecule has 0 heterocycles. The molecular weight excluding hydrogens is 1000 g/mol. The lowest BCUT2D eigenvalue weighted by Crippen LogP contribution is -2.30. The number of rotatable bonds is 53. The first-order chi connectivity index (χ1) is 38.2. The summed E-state index contributed by atoms with van der Waals surface area (Å²) in [6.07, 6.45) is 75.4. The molecule has 440 valence electrons. The summed E-state index contributed by atoms with van der Waals surface area (Å²) >= 11 is 0. The zero-order valence-electron chi connectivity index (χ0n) is 48.6. The maximum absolute atomic E-state index is 12.9. The van der Waals surface area contributed by atoms with E-state index in [2.05, 4.69) is 142 Å². The third kappa shape index (κ3) is 56.1. The smallest absolute Gasteiger partial charge is 0.462 e. The fourth-order valence-electron chi connectivity index (χ4n) is 7.29. The van der Waals surface area contributed by atoms with E-state index in [1.165, 1.54) is 38.5 Å². The van der Waals surface area contributed by atoms with Gasteiger partial charge in [0.25, 0.3) is 0 Å². The summed E-state index contributed by atoms with van der Waals surface area (Å²) in [5, 5.41) is 9.82. The van der Waals surface area contributed by atoms with Crippen LogP contribution in [0.2, 0.25) is 0 Å².